The van der Waals surface area contributed by atoms with E-state index in [0.29, 0.717) is 6.54 Å². The maximum absolute atomic E-state index is 13.4. The summed E-state index contributed by atoms with van der Waals surface area (Å²) in [6, 6.07) is 17.1. The number of carbonyl (C=O) groups is 1. The van der Waals surface area contributed by atoms with Gasteiger partial charge in [0.05, 0.1) is 12.1 Å². The average molecular weight is 402 g/mol. The lowest BCUT2D eigenvalue weighted by Gasteiger charge is -2.31. The van der Waals surface area contributed by atoms with E-state index in [1.165, 1.54) is 0 Å². The summed E-state index contributed by atoms with van der Waals surface area (Å²) in [5.74, 6) is 0.220. The van der Waals surface area contributed by atoms with Gasteiger partial charge in [-0.15, -0.1) is 0 Å². The number of phenolic OH excluding ortho intramolecular Hbond substituents is 2. The number of pyridine rings is 1. The minimum absolute atomic E-state index is 0.00708. The van der Waals surface area contributed by atoms with Gasteiger partial charge in [-0.05, 0) is 35.4 Å². The van der Waals surface area contributed by atoms with Crippen LogP contribution in [0, 0.1) is 5.92 Å². The van der Waals surface area contributed by atoms with Crippen LogP contribution in [0.25, 0.3) is 0 Å². The predicted molar refractivity (Wildman–Crippen MR) is 110 cm³/mol. The molecule has 30 heavy (non-hydrogen) atoms. The fraction of sp³-hybridized carbons (Fsp3) is 0.217. The van der Waals surface area contributed by atoms with Gasteiger partial charge in [-0.3, -0.25) is 9.78 Å². The molecule has 7 nitrogen and oxygen atoms in total. The standard InChI is InChI=1S/C23H22N4O3/c28-16-9-7-15(8-10-16)22-19-20(17-5-1-2-6-18(17)29)25-26-21(19)23(30)27(22)13-14-4-3-11-24-12-14/h1-12,19-22,25-26,28-29H,13H2. The number of fused-ring (bicyclic) bond motifs is 1. The number of aromatic nitrogens is 1. The smallest absolute Gasteiger partial charge is 0.242 e. The van der Waals surface area contributed by atoms with Gasteiger partial charge in [0.25, 0.3) is 0 Å². The highest BCUT2D eigenvalue weighted by Gasteiger charge is 2.55. The van der Waals surface area contributed by atoms with Crippen LogP contribution in [-0.4, -0.2) is 32.0 Å². The number of phenols is 2. The molecule has 0 aliphatic carbocycles. The second kappa shape index (κ2) is 7.44. The number of para-hydroxylation sites is 1. The summed E-state index contributed by atoms with van der Waals surface area (Å²) in [5, 5.41) is 20.2. The van der Waals surface area contributed by atoms with Gasteiger partial charge >= 0.3 is 0 Å². The molecule has 3 heterocycles. The Labute approximate surface area is 174 Å². The predicted octanol–water partition coefficient (Wildman–Crippen LogP) is 2.41. The van der Waals surface area contributed by atoms with Crippen molar-refractivity contribution in [3.63, 3.8) is 0 Å². The fourth-order valence-corrected chi connectivity index (χ4v) is 4.65. The molecule has 2 aliphatic rings. The molecule has 0 bridgehead atoms. The van der Waals surface area contributed by atoms with Crippen LogP contribution in [-0.2, 0) is 11.3 Å². The second-order valence-electron chi connectivity index (χ2n) is 7.74. The number of nitrogens with zero attached hydrogens (tertiary/aromatic N) is 2. The number of nitrogens with one attached hydrogen (secondary N) is 2. The summed E-state index contributed by atoms with van der Waals surface area (Å²) >= 11 is 0. The van der Waals surface area contributed by atoms with E-state index in [-0.39, 0.29) is 35.4 Å². The third kappa shape index (κ3) is 3.08. The van der Waals surface area contributed by atoms with Gasteiger partial charge in [0, 0.05) is 30.4 Å². The summed E-state index contributed by atoms with van der Waals surface area (Å²) in [4.78, 5) is 19.4. The summed E-state index contributed by atoms with van der Waals surface area (Å²) in [5.41, 5.74) is 9.00. The van der Waals surface area contributed by atoms with Crippen molar-refractivity contribution < 1.29 is 15.0 Å². The number of carbonyl (C=O) groups excluding carboxylic acids is 1. The van der Waals surface area contributed by atoms with Crippen LogP contribution in [0.3, 0.4) is 0 Å². The van der Waals surface area contributed by atoms with Crippen LogP contribution in [0.2, 0.25) is 0 Å². The first-order valence-corrected chi connectivity index (χ1v) is 9.91. The molecule has 5 rings (SSSR count). The molecule has 152 valence electrons. The number of rotatable bonds is 4. The highest BCUT2D eigenvalue weighted by molar-refractivity contribution is 5.86. The SMILES string of the molecule is O=C1C2NNC(c3ccccc3O)C2C(c2ccc(O)cc2)N1Cc1cccnc1. The van der Waals surface area contributed by atoms with Gasteiger partial charge < -0.3 is 15.1 Å². The van der Waals surface area contributed by atoms with E-state index in [1.807, 2.05) is 41.3 Å². The minimum Gasteiger partial charge on any atom is -0.508 e. The lowest BCUT2D eigenvalue weighted by molar-refractivity contribution is -0.131. The Morgan fingerprint density at radius 1 is 0.933 bits per heavy atom. The monoisotopic (exact) mass is 402 g/mol. The lowest BCUT2D eigenvalue weighted by atomic mass is 9.83. The van der Waals surface area contributed by atoms with E-state index >= 15 is 0 Å². The van der Waals surface area contributed by atoms with Gasteiger partial charge in [-0.2, -0.15) is 0 Å². The van der Waals surface area contributed by atoms with Crippen LogP contribution < -0.4 is 10.9 Å². The Morgan fingerprint density at radius 3 is 2.43 bits per heavy atom. The molecule has 0 saturated carbocycles. The lowest BCUT2D eigenvalue weighted by Crippen LogP contribution is -2.41. The number of aromatic hydroxyl groups is 2. The number of likely N-dealkylation sites (tertiary alicyclic amines) is 1. The van der Waals surface area contributed by atoms with E-state index < -0.39 is 6.04 Å². The molecule has 4 atom stereocenters. The number of hydrogen-bond acceptors (Lipinski definition) is 6. The van der Waals surface area contributed by atoms with E-state index in [0.717, 1.165) is 16.7 Å². The van der Waals surface area contributed by atoms with E-state index in [4.69, 9.17) is 0 Å². The van der Waals surface area contributed by atoms with Crippen molar-refractivity contribution in [1.82, 2.24) is 20.7 Å². The largest absolute Gasteiger partial charge is 0.508 e. The topological polar surface area (TPSA) is 97.7 Å². The summed E-state index contributed by atoms with van der Waals surface area (Å²) in [7, 11) is 0. The van der Waals surface area contributed by atoms with Crippen LogP contribution >= 0.6 is 0 Å². The third-order valence-electron chi connectivity index (χ3n) is 6.00. The van der Waals surface area contributed by atoms with Gasteiger partial charge in [0.15, 0.2) is 0 Å². The zero-order valence-electron chi connectivity index (χ0n) is 16.1. The van der Waals surface area contributed by atoms with Crippen molar-refractivity contribution in [2.24, 2.45) is 5.92 Å². The van der Waals surface area contributed by atoms with Gasteiger partial charge in [-0.1, -0.05) is 36.4 Å². The number of hydrogen-bond donors (Lipinski definition) is 4. The third-order valence-corrected chi connectivity index (χ3v) is 6.00. The molecule has 4 N–H and O–H groups in total. The van der Waals surface area contributed by atoms with Gasteiger partial charge in [0.2, 0.25) is 5.91 Å². The molecule has 2 aliphatic heterocycles. The number of hydrazine groups is 1. The molecule has 4 unspecified atom stereocenters. The van der Waals surface area contributed by atoms with Crippen molar-refractivity contribution in [1.29, 1.82) is 0 Å². The number of benzene rings is 2. The van der Waals surface area contributed by atoms with Gasteiger partial charge in [0.1, 0.15) is 17.5 Å². The fourth-order valence-electron chi connectivity index (χ4n) is 4.65. The highest BCUT2D eigenvalue weighted by Crippen LogP contribution is 2.49. The summed E-state index contributed by atoms with van der Waals surface area (Å²) in [6.07, 6.45) is 3.47. The summed E-state index contributed by atoms with van der Waals surface area (Å²) in [6.45, 7) is 0.431. The summed E-state index contributed by atoms with van der Waals surface area (Å²) < 4.78 is 0. The molecule has 2 fully saturated rings. The Kier molecular flexibility index (Phi) is 4.61. The number of amides is 1. The molecule has 0 spiro atoms. The van der Waals surface area contributed by atoms with Crippen molar-refractivity contribution >= 4 is 5.91 Å². The van der Waals surface area contributed by atoms with Crippen LogP contribution in [0.15, 0.2) is 73.1 Å². The average Bonchev–Trinajstić information content (AvgIpc) is 3.30. The maximum atomic E-state index is 13.4. The molecule has 1 aromatic heterocycles. The van der Waals surface area contributed by atoms with Crippen LogP contribution in [0.4, 0.5) is 0 Å². The quantitative estimate of drug-likeness (QED) is 0.535. The van der Waals surface area contributed by atoms with E-state index in [9.17, 15) is 15.0 Å². The minimum atomic E-state index is -0.426. The second-order valence-corrected chi connectivity index (χ2v) is 7.74. The Morgan fingerprint density at radius 2 is 1.70 bits per heavy atom. The molecule has 3 aromatic rings. The Bertz CT molecular complexity index is 1060. The zero-order chi connectivity index (χ0) is 20.7. The van der Waals surface area contributed by atoms with E-state index in [1.54, 1.807) is 36.7 Å². The molecule has 7 heteroatoms. The zero-order valence-corrected chi connectivity index (χ0v) is 16.1. The van der Waals surface area contributed by atoms with E-state index in [2.05, 4.69) is 15.8 Å². The molecule has 2 saturated heterocycles. The van der Waals surface area contributed by atoms with Crippen LogP contribution in [0.1, 0.15) is 28.8 Å². The highest BCUT2D eigenvalue weighted by atomic mass is 16.3. The van der Waals surface area contributed by atoms with Crippen molar-refractivity contribution in [2.45, 2.75) is 24.7 Å². The first kappa shape index (κ1) is 18.6. The molecule has 0 radical (unpaired) electrons. The molecular weight excluding hydrogens is 380 g/mol. The Hall–Kier alpha value is -3.42. The van der Waals surface area contributed by atoms with Crippen LogP contribution in [0.5, 0.6) is 11.5 Å². The van der Waals surface area contributed by atoms with Crippen molar-refractivity contribution in [3.05, 3.63) is 89.7 Å². The molecule has 2 aromatic carbocycles. The van der Waals surface area contributed by atoms with Crippen molar-refractivity contribution in [3.8, 4) is 11.5 Å². The first-order chi connectivity index (χ1) is 14.6. The molecule has 1 amide bonds. The van der Waals surface area contributed by atoms with Crippen molar-refractivity contribution in [2.75, 3.05) is 0 Å². The normalized spacial score (nSPS) is 25.5. The first-order valence-electron chi connectivity index (χ1n) is 9.91. The van der Waals surface area contributed by atoms with Gasteiger partial charge in [-0.25, -0.2) is 10.9 Å². The Balaban J connectivity index is 1.58. The maximum Gasteiger partial charge on any atom is 0.242 e. The molecular formula is C23H22N4O3.